The molecule has 6 heteroatoms. The first-order valence-corrected chi connectivity index (χ1v) is 10.4. The van der Waals surface area contributed by atoms with E-state index in [1.165, 1.54) is 16.1 Å². The first-order valence-electron chi connectivity index (χ1n) is 8.52. The van der Waals surface area contributed by atoms with Gasteiger partial charge in [0, 0.05) is 19.6 Å². The zero-order chi connectivity index (χ0) is 18.2. The van der Waals surface area contributed by atoms with Crippen molar-refractivity contribution in [2.75, 3.05) is 25.9 Å². The van der Waals surface area contributed by atoms with E-state index in [2.05, 4.69) is 31.3 Å². The van der Waals surface area contributed by atoms with E-state index in [9.17, 15) is 13.2 Å². The normalized spacial score (nSPS) is 11.9. The quantitative estimate of drug-likeness (QED) is 0.655. The Kier molecular flexibility index (Phi) is 8.42. The second-order valence-corrected chi connectivity index (χ2v) is 8.53. The van der Waals surface area contributed by atoms with Gasteiger partial charge in [-0.3, -0.25) is 4.79 Å². The number of hydrogen-bond acceptors (Lipinski definition) is 3. The zero-order valence-electron chi connectivity index (χ0n) is 15.2. The lowest BCUT2D eigenvalue weighted by molar-refractivity contribution is -0.120. The fourth-order valence-corrected chi connectivity index (χ4v) is 3.48. The number of hydrogen-bond donors (Lipinski definition) is 1. The molecule has 1 N–H and O–H groups in total. The van der Waals surface area contributed by atoms with E-state index in [-0.39, 0.29) is 5.91 Å². The summed E-state index contributed by atoms with van der Waals surface area (Å²) >= 11 is 0. The summed E-state index contributed by atoms with van der Waals surface area (Å²) in [5.41, 5.74) is 2.28. The molecule has 1 rings (SSSR count). The first kappa shape index (κ1) is 20.6. The lowest BCUT2D eigenvalue weighted by atomic mass is 10.0. The van der Waals surface area contributed by atoms with Gasteiger partial charge in [0.2, 0.25) is 15.9 Å². The minimum Gasteiger partial charge on any atom is -0.356 e. The summed E-state index contributed by atoms with van der Waals surface area (Å²) in [6.45, 7) is 7.55. The average Bonchev–Trinajstić information content (AvgIpc) is 2.47. The molecule has 0 unspecified atom stereocenters. The molecular weight excluding hydrogens is 324 g/mol. The highest BCUT2D eigenvalue weighted by atomic mass is 32.2. The monoisotopic (exact) mass is 354 g/mol. The van der Waals surface area contributed by atoms with E-state index < -0.39 is 10.0 Å². The van der Waals surface area contributed by atoms with Crippen molar-refractivity contribution in [2.24, 2.45) is 5.92 Å². The largest absolute Gasteiger partial charge is 0.356 e. The molecule has 1 aromatic rings. The van der Waals surface area contributed by atoms with Gasteiger partial charge in [-0.15, -0.1) is 0 Å². The van der Waals surface area contributed by atoms with Crippen molar-refractivity contribution in [2.45, 2.75) is 40.0 Å². The summed E-state index contributed by atoms with van der Waals surface area (Å²) in [5, 5.41) is 2.85. The van der Waals surface area contributed by atoms with Crippen LogP contribution in [0.2, 0.25) is 0 Å². The molecule has 0 saturated heterocycles. The lowest BCUT2D eigenvalue weighted by Crippen LogP contribution is -2.33. The minimum atomic E-state index is -3.16. The lowest BCUT2D eigenvalue weighted by Gasteiger charge is -2.17. The molecule has 1 amide bonds. The van der Waals surface area contributed by atoms with E-state index in [1.54, 1.807) is 0 Å². The molecule has 0 radical (unpaired) electrons. The van der Waals surface area contributed by atoms with Gasteiger partial charge in [0.25, 0.3) is 0 Å². The number of carbonyl (C=O) groups excluding carboxylic acids is 1. The Morgan fingerprint density at radius 2 is 1.75 bits per heavy atom. The van der Waals surface area contributed by atoms with E-state index in [0.717, 1.165) is 12.0 Å². The highest BCUT2D eigenvalue weighted by Gasteiger charge is 2.13. The van der Waals surface area contributed by atoms with E-state index in [0.29, 0.717) is 38.4 Å². The van der Waals surface area contributed by atoms with Gasteiger partial charge in [0.15, 0.2) is 0 Å². The number of rotatable bonds is 10. The maximum atomic E-state index is 11.9. The third-order valence-electron chi connectivity index (χ3n) is 3.76. The highest BCUT2D eigenvalue weighted by Crippen LogP contribution is 2.10. The fraction of sp³-hybridized carbons (Fsp3) is 0.611. The number of sulfonamides is 1. The Hall–Kier alpha value is -1.40. The van der Waals surface area contributed by atoms with E-state index in [1.807, 2.05) is 19.1 Å². The van der Waals surface area contributed by atoms with Crippen LogP contribution in [0.5, 0.6) is 0 Å². The number of nitrogens with zero attached hydrogens (tertiary/aromatic N) is 1. The maximum Gasteiger partial charge on any atom is 0.224 e. The predicted molar refractivity (Wildman–Crippen MR) is 98.4 cm³/mol. The molecule has 0 aliphatic carbocycles. The Bertz CT molecular complexity index is 610. The first-order chi connectivity index (χ1) is 11.2. The molecule has 0 heterocycles. The Morgan fingerprint density at radius 1 is 1.17 bits per heavy atom. The van der Waals surface area contributed by atoms with E-state index >= 15 is 0 Å². The number of amides is 1. The smallest absolute Gasteiger partial charge is 0.224 e. The third-order valence-corrected chi connectivity index (χ3v) is 5.14. The second-order valence-electron chi connectivity index (χ2n) is 6.55. The van der Waals surface area contributed by atoms with Gasteiger partial charge in [-0.1, -0.05) is 45.0 Å². The fourth-order valence-electron chi connectivity index (χ4n) is 2.55. The van der Waals surface area contributed by atoms with Gasteiger partial charge >= 0.3 is 0 Å². The van der Waals surface area contributed by atoms with Gasteiger partial charge in [-0.05, 0) is 29.9 Å². The van der Waals surface area contributed by atoms with Crippen LogP contribution in [-0.2, 0) is 27.7 Å². The maximum absolute atomic E-state index is 11.9. The molecule has 0 fully saturated rings. The Balaban J connectivity index is 2.34. The van der Waals surface area contributed by atoms with Crippen molar-refractivity contribution in [1.29, 1.82) is 0 Å². The van der Waals surface area contributed by atoms with Crippen LogP contribution in [0, 0.1) is 5.92 Å². The zero-order valence-corrected chi connectivity index (χ0v) is 16.0. The topological polar surface area (TPSA) is 66.5 Å². The van der Waals surface area contributed by atoms with Crippen LogP contribution in [0.25, 0.3) is 0 Å². The third kappa shape index (κ3) is 7.93. The van der Waals surface area contributed by atoms with Crippen molar-refractivity contribution in [3.8, 4) is 0 Å². The van der Waals surface area contributed by atoms with Crippen LogP contribution >= 0.6 is 0 Å². The molecule has 0 atom stereocenters. The van der Waals surface area contributed by atoms with E-state index in [4.69, 9.17) is 0 Å². The van der Waals surface area contributed by atoms with Crippen LogP contribution in [0.4, 0.5) is 0 Å². The van der Waals surface area contributed by atoms with Crippen LogP contribution in [0.1, 0.15) is 38.3 Å². The summed E-state index contributed by atoms with van der Waals surface area (Å²) in [5.74, 6) is 0.586. The van der Waals surface area contributed by atoms with Crippen LogP contribution in [0.15, 0.2) is 24.3 Å². The van der Waals surface area contributed by atoms with Crippen molar-refractivity contribution in [3.63, 3.8) is 0 Å². The van der Waals surface area contributed by atoms with Crippen molar-refractivity contribution in [3.05, 3.63) is 35.4 Å². The predicted octanol–water partition coefficient (Wildman–Crippen LogP) is 2.22. The molecular formula is C18H30N2O3S. The van der Waals surface area contributed by atoms with Gasteiger partial charge in [-0.25, -0.2) is 12.7 Å². The van der Waals surface area contributed by atoms with Gasteiger partial charge in [0.1, 0.15) is 0 Å². The number of nitrogens with one attached hydrogen (secondary N) is 1. The Morgan fingerprint density at radius 3 is 2.25 bits per heavy atom. The number of carbonyl (C=O) groups is 1. The Labute approximate surface area is 146 Å². The summed E-state index contributed by atoms with van der Waals surface area (Å²) in [6.07, 6.45) is 3.21. The molecule has 5 nitrogen and oxygen atoms in total. The molecule has 24 heavy (non-hydrogen) atoms. The molecule has 1 aromatic carbocycles. The van der Waals surface area contributed by atoms with Gasteiger partial charge < -0.3 is 5.32 Å². The van der Waals surface area contributed by atoms with Gasteiger partial charge in [-0.2, -0.15) is 0 Å². The molecule has 0 bridgehead atoms. The molecule has 0 aliphatic rings. The molecule has 0 aliphatic heterocycles. The van der Waals surface area contributed by atoms with Crippen molar-refractivity contribution in [1.82, 2.24) is 9.62 Å². The minimum absolute atomic E-state index is 0.0333. The molecule has 136 valence electrons. The second kappa shape index (κ2) is 9.79. The van der Waals surface area contributed by atoms with Crippen LogP contribution in [0.3, 0.4) is 0 Å². The SMILES string of the molecule is CCN(CCCNC(=O)Cc1ccc(CC(C)C)cc1)S(C)(=O)=O. The van der Waals surface area contributed by atoms with Crippen LogP contribution in [-0.4, -0.2) is 44.5 Å². The van der Waals surface area contributed by atoms with Crippen LogP contribution < -0.4 is 5.32 Å². The summed E-state index contributed by atoms with van der Waals surface area (Å²) in [6, 6.07) is 8.15. The summed E-state index contributed by atoms with van der Waals surface area (Å²) in [4.78, 5) is 11.9. The molecule has 0 spiro atoms. The average molecular weight is 355 g/mol. The highest BCUT2D eigenvalue weighted by molar-refractivity contribution is 7.88. The van der Waals surface area contributed by atoms with Crippen molar-refractivity contribution < 1.29 is 13.2 Å². The number of benzene rings is 1. The summed E-state index contributed by atoms with van der Waals surface area (Å²) < 4.78 is 24.3. The standard InChI is InChI=1S/C18H30N2O3S/c1-5-20(24(4,22)23)12-6-11-19-18(21)14-17-9-7-16(8-10-17)13-15(2)3/h7-10,15H,5-6,11-14H2,1-4H3,(H,19,21). The van der Waals surface area contributed by atoms with Crippen molar-refractivity contribution >= 4 is 15.9 Å². The summed E-state index contributed by atoms with van der Waals surface area (Å²) in [7, 11) is -3.16. The van der Waals surface area contributed by atoms with Gasteiger partial charge in [0.05, 0.1) is 12.7 Å². The molecule has 0 saturated carbocycles. The molecule has 0 aromatic heterocycles.